The molecule has 0 radical (unpaired) electrons. The van der Waals surface area contributed by atoms with Crippen LogP contribution >= 0.6 is 27.7 Å². The maximum Gasteiger partial charge on any atom is 0.416 e. The lowest BCUT2D eigenvalue weighted by Gasteiger charge is -2.11. The van der Waals surface area contributed by atoms with Crippen LogP contribution in [0.3, 0.4) is 0 Å². The Morgan fingerprint density at radius 1 is 1.16 bits per heavy atom. The molecule has 2 rings (SSSR count). The van der Waals surface area contributed by atoms with E-state index >= 15 is 0 Å². The lowest BCUT2D eigenvalue weighted by Crippen LogP contribution is -2.09. The largest absolute Gasteiger partial charge is 0.416 e. The van der Waals surface area contributed by atoms with Gasteiger partial charge in [-0.1, -0.05) is 70.2 Å². The van der Waals surface area contributed by atoms with Crippen LogP contribution in [0, 0.1) is 0 Å². The zero-order valence-electron chi connectivity index (χ0n) is 13.0. The molecule has 2 aromatic carbocycles. The highest BCUT2D eigenvalue weighted by Crippen LogP contribution is 2.33. The second kappa shape index (κ2) is 9.05. The van der Waals surface area contributed by atoms with E-state index in [0.717, 1.165) is 11.6 Å². The van der Waals surface area contributed by atoms with Crippen molar-refractivity contribution in [2.75, 3.05) is 0 Å². The highest BCUT2D eigenvalue weighted by Gasteiger charge is 2.33. The monoisotopic (exact) mass is 429 g/mol. The maximum absolute atomic E-state index is 13.0. The van der Waals surface area contributed by atoms with E-state index in [4.69, 9.17) is 5.73 Å². The summed E-state index contributed by atoms with van der Waals surface area (Å²) >= 11 is 4.36. The van der Waals surface area contributed by atoms with Gasteiger partial charge in [0.05, 0.1) is 11.8 Å². The molecule has 0 saturated carbocycles. The van der Waals surface area contributed by atoms with Gasteiger partial charge in [-0.2, -0.15) is 18.3 Å². The lowest BCUT2D eigenvalue weighted by molar-refractivity contribution is -0.138. The molecule has 0 aromatic heterocycles. The van der Waals surface area contributed by atoms with Crippen LogP contribution in [0.4, 0.5) is 13.2 Å². The van der Waals surface area contributed by atoms with Gasteiger partial charge < -0.3 is 5.73 Å². The Hall–Kier alpha value is -1.80. The van der Waals surface area contributed by atoms with Gasteiger partial charge in [-0.3, -0.25) is 0 Å². The van der Waals surface area contributed by atoms with E-state index in [0.29, 0.717) is 11.3 Å². The van der Waals surface area contributed by atoms with Gasteiger partial charge in [-0.05, 0) is 22.8 Å². The van der Waals surface area contributed by atoms with Crippen LogP contribution in [0.5, 0.6) is 0 Å². The van der Waals surface area contributed by atoms with Crippen LogP contribution in [0.15, 0.2) is 58.7 Å². The van der Waals surface area contributed by atoms with Crippen LogP contribution < -0.4 is 5.73 Å². The summed E-state index contributed by atoms with van der Waals surface area (Å²) in [7, 11) is 0. The van der Waals surface area contributed by atoms with E-state index in [1.807, 2.05) is 30.3 Å². The number of amidine groups is 1. The summed E-state index contributed by atoms with van der Waals surface area (Å²) in [5.74, 6) is 0.643. The predicted octanol–water partition coefficient (Wildman–Crippen LogP) is 5.18. The van der Waals surface area contributed by atoms with Crippen LogP contribution in [0.25, 0.3) is 0 Å². The molecule has 0 heterocycles. The number of rotatable bonds is 5. The van der Waals surface area contributed by atoms with Crippen molar-refractivity contribution >= 4 is 39.1 Å². The second-order valence-electron chi connectivity index (χ2n) is 5.01. The van der Waals surface area contributed by atoms with Crippen molar-refractivity contribution in [2.24, 2.45) is 15.9 Å². The molecule has 8 heteroatoms. The van der Waals surface area contributed by atoms with Gasteiger partial charge in [0.25, 0.3) is 0 Å². The molecule has 2 N–H and O–H groups in total. The molecule has 0 spiro atoms. The summed E-state index contributed by atoms with van der Waals surface area (Å²) in [6.07, 6.45) is -3.16. The number of alkyl halides is 4. The molecule has 0 unspecified atom stereocenters. The molecule has 0 amide bonds. The minimum Gasteiger partial charge on any atom is -0.377 e. The van der Waals surface area contributed by atoms with E-state index in [2.05, 4.69) is 26.1 Å². The van der Waals surface area contributed by atoms with Crippen LogP contribution in [0.1, 0.15) is 22.3 Å². The Kier molecular flexibility index (Phi) is 7.07. The first-order chi connectivity index (χ1) is 11.9. The van der Waals surface area contributed by atoms with Crippen molar-refractivity contribution in [3.05, 3.63) is 70.8 Å². The molecule has 0 aliphatic heterocycles. The third-order valence-electron chi connectivity index (χ3n) is 3.18. The lowest BCUT2D eigenvalue weighted by atomic mass is 10.1. The first-order valence-corrected chi connectivity index (χ1v) is 9.30. The SMILES string of the molecule is NC(=NN=Cc1ccc(CBr)c(C(F)(F)F)c1)SCc1ccccc1. The fourth-order valence-electron chi connectivity index (χ4n) is 1.97. The van der Waals surface area contributed by atoms with Gasteiger partial charge in [0.1, 0.15) is 0 Å². The number of thioether (sulfide) groups is 1. The first-order valence-electron chi connectivity index (χ1n) is 7.19. The molecule has 0 bridgehead atoms. The average Bonchev–Trinajstić information content (AvgIpc) is 2.60. The Labute approximate surface area is 156 Å². The third kappa shape index (κ3) is 6.21. The molecule has 0 fully saturated rings. The molecule has 2 aromatic rings. The summed E-state index contributed by atoms with van der Waals surface area (Å²) in [4.78, 5) is 0. The number of benzene rings is 2. The van der Waals surface area contributed by atoms with E-state index < -0.39 is 11.7 Å². The molecule has 3 nitrogen and oxygen atoms in total. The first kappa shape index (κ1) is 19.5. The maximum atomic E-state index is 13.0. The van der Waals surface area contributed by atoms with Gasteiger partial charge in [0.2, 0.25) is 0 Å². The highest BCUT2D eigenvalue weighted by atomic mass is 79.9. The molecular formula is C17H15BrF3N3S. The van der Waals surface area contributed by atoms with Crippen molar-refractivity contribution in [3.8, 4) is 0 Å². The molecular weight excluding hydrogens is 415 g/mol. The third-order valence-corrected chi connectivity index (χ3v) is 4.64. The minimum absolute atomic E-state index is 0.125. The number of hydrogen-bond acceptors (Lipinski definition) is 3. The van der Waals surface area contributed by atoms with Crippen LogP contribution in [0.2, 0.25) is 0 Å². The smallest absolute Gasteiger partial charge is 0.377 e. The van der Waals surface area contributed by atoms with Gasteiger partial charge in [-0.25, -0.2) is 0 Å². The fourth-order valence-corrected chi connectivity index (χ4v) is 3.07. The standard InChI is InChI=1S/C17H15BrF3N3S/c18-9-14-7-6-13(8-15(14)17(19,20)21)10-23-24-16(22)25-11-12-4-2-1-3-5-12/h1-8,10H,9,11H2,(H2,22,24). The molecule has 0 atom stereocenters. The molecule has 0 saturated heterocycles. The quantitative estimate of drug-likeness (QED) is 0.308. The molecule has 0 aliphatic rings. The topological polar surface area (TPSA) is 50.7 Å². The second-order valence-corrected chi connectivity index (χ2v) is 6.56. The summed E-state index contributed by atoms with van der Waals surface area (Å²) in [5.41, 5.74) is 6.62. The Bertz CT molecular complexity index is 761. The zero-order chi connectivity index (χ0) is 18.3. The number of hydrogen-bond donors (Lipinski definition) is 1. The van der Waals surface area contributed by atoms with E-state index in [9.17, 15) is 13.2 Å². The number of nitrogens with zero attached hydrogens (tertiary/aromatic N) is 2. The summed E-state index contributed by atoms with van der Waals surface area (Å²) in [5, 5.41) is 7.95. The minimum atomic E-state index is -4.42. The van der Waals surface area contributed by atoms with Crippen molar-refractivity contribution in [3.63, 3.8) is 0 Å². The van der Waals surface area contributed by atoms with Crippen LogP contribution in [-0.4, -0.2) is 11.4 Å². The summed E-state index contributed by atoms with van der Waals surface area (Å²) in [6.45, 7) is 0. The molecule has 0 aliphatic carbocycles. The van der Waals surface area contributed by atoms with E-state index in [-0.39, 0.29) is 16.1 Å². The normalized spacial score (nSPS) is 12.7. The Morgan fingerprint density at radius 3 is 2.52 bits per heavy atom. The van der Waals surface area contributed by atoms with Gasteiger partial charge in [-0.15, -0.1) is 5.10 Å². The summed E-state index contributed by atoms with van der Waals surface area (Å²) < 4.78 is 39.0. The van der Waals surface area contributed by atoms with Crippen LogP contribution in [-0.2, 0) is 17.3 Å². The number of nitrogens with two attached hydrogens (primary N) is 1. The zero-order valence-corrected chi connectivity index (χ0v) is 15.4. The van der Waals surface area contributed by atoms with E-state index in [1.54, 1.807) is 6.07 Å². The van der Waals surface area contributed by atoms with Crippen molar-refractivity contribution in [2.45, 2.75) is 17.3 Å². The fraction of sp³-hybridized carbons (Fsp3) is 0.176. The number of halogens is 4. The predicted molar refractivity (Wildman–Crippen MR) is 101 cm³/mol. The van der Waals surface area contributed by atoms with Crippen molar-refractivity contribution in [1.82, 2.24) is 0 Å². The van der Waals surface area contributed by atoms with Gasteiger partial charge in [0, 0.05) is 11.1 Å². The Balaban J connectivity index is 2.03. The Morgan fingerprint density at radius 2 is 1.88 bits per heavy atom. The van der Waals surface area contributed by atoms with Crippen molar-refractivity contribution < 1.29 is 13.2 Å². The van der Waals surface area contributed by atoms with Gasteiger partial charge in [0.15, 0.2) is 5.17 Å². The van der Waals surface area contributed by atoms with Gasteiger partial charge >= 0.3 is 6.18 Å². The van der Waals surface area contributed by atoms with E-state index in [1.165, 1.54) is 24.0 Å². The van der Waals surface area contributed by atoms with Crippen molar-refractivity contribution in [1.29, 1.82) is 0 Å². The molecule has 132 valence electrons. The summed E-state index contributed by atoms with van der Waals surface area (Å²) in [6, 6.07) is 13.7. The highest BCUT2D eigenvalue weighted by molar-refractivity contribution is 9.08. The average molecular weight is 430 g/mol. The molecule has 25 heavy (non-hydrogen) atoms.